The number of carbonyl (C=O) groups is 1. The van der Waals surface area contributed by atoms with E-state index in [1.807, 2.05) is 29.1 Å². The largest absolute Gasteiger partial charge is 0.496 e. The second kappa shape index (κ2) is 7.95. The van der Waals surface area contributed by atoms with E-state index >= 15 is 0 Å². The van der Waals surface area contributed by atoms with Gasteiger partial charge in [-0.2, -0.15) is 0 Å². The Labute approximate surface area is 167 Å². The van der Waals surface area contributed by atoms with Crippen LogP contribution in [-0.4, -0.2) is 32.3 Å². The van der Waals surface area contributed by atoms with Crippen LogP contribution in [0.5, 0.6) is 5.75 Å². The highest BCUT2D eigenvalue weighted by Crippen LogP contribution is 2.30. The molecule has 0 aliphatic rings. The molecule has 0 spiro atoms. The number of hydrogen-bond donors (Lipinski definition) is 2. The maximum Gasteiger partial charge on any atom is 0.259 e. The average Bonchev–Trinajstić information content (AvgIpc) is 3.16. The molecule has 0 aliphatic carbocycles. The summed E-state index contributed by atoms with van der Waals surface area (Å²) >= 11 is 6.36. The van der Waals surface area contributed by atoms with Crippen molar-refractivity contribution in [3.05, 3.63) is 71.5 Å². The van der Waals surface area contributed by atoms with Crippen molar-refractivity contribution in [1.29, 1.82) is 0 Å². The van der Waals surface area contributed by atoms with Crippen LogP contribution in [0.4, 0.5) is 11.4 Å². The molecule has 7 nitrogen and oxygen atoms in total. The summed E-state index contributed by atoms with van der Waals surface area (Å²) < 4.78 is 32.0. The standard InChI is InChI=1S/C19H18ClN3O4S/c1-27-18-12-17(23-9-3-4-10-23)16(20)11-15(18)19(24)21-13-5-7-14(8-6-13)22-28(2,25)26/h3-12,22H,1-2H3,(H,21,24). The molecule has 2 aromatic carbocycles. The summed E-state index contributed by atoms with van der Waals surface area (Å²) in [6, 6.07) is 13.3. The van der Waals surface area contributed by atoms with Crippen LogP contribution in [-0.2, 0) is 10.0 Å². The van der Waals surface area contributed by atoms with Crippen molar-refractivity contribution < 1.29 is 17.9 Å². The van der Waals surface area contributed by atoms with Gasteiger partial charge in [-0.3, -0.25) is 9.52 Å². The van der Waals surface area contributed by atoms with Crippen molar-refractivity contribution in [2.45, 2.75) is 0 Å². The fraction of sp³-hybridized carbons (Fsp3) is 0.105. The lowest BCUT2D eigenvalue weighted by atomic mass is 10.1. The number of ether oxygens (including phenoxy) is 1. The highest BCUT2D eigenvalue weighted by Gasteiger charge is 2.17. The Balaban J connectivity index is 1.83. The van der Waals surface area contributed by atoms with E-state index < -0.39 is 15.9 Å². The van der Waals surface area contributed by atoms with Gasteiger partial charge in [0.15, 0.2) is 0 Å². The van der Waals surface area contributed by atoms with E-state index in [-0.39, 0.29) is 5.56 Å². The van der Waals surface area contributed by atoms with Gasteiger partial charge in [0.1, 0.15) is 5.75 Å². The second-order valence-electron chi connectivity index (χ2n) is 6.00. The predicted octanol–water partition coefficient (Wildman–Crippen LogP) is 3.76. The summed E-state index contributed by atoms with van der Waals surface area (Å²) in [5.74, 6) is -0.0254. The van der Waals surface area contributed by atoms with Crippen LogP contribution >= 0.6 is 11.6 Å². The molecular formula is C19H18ClN3O4S. The Morgan fingerprint density at radius 1 is 1.07 bits per heavy atom. The lowest BCUT2D eigenvalue weighted by molar-refractivity contribution is 0.102. The van der Waals surface area contributed by atoms with Gasteiger partial charge in [0, 0.05) is 29.8 Å². The second-order valence-corrected chi connectivity index (χ2v) is 8.16. The van der Waals surface area contributed by atoms with Gasteiger partial charge in [-0.25, -0.2) is 8.42 Å². The SMILES string of the molecule is COc1cc(-n2cccc2)c(Cl)cc1C(=O)Nc1ccc(NS(C)(=O)=O)cc1. The van der Waals surface area contributed by atoms with Gasteiger partial charge in [-0.15, -0.1) is 0 Å². The van der Waals surface area contributed by atoms with E-state index in [1.165, 1.54) is 7.11 Å². The van der Waals surface area contributed by atoms with E-state index in [9.17, 15) is 13.2 Å². The van der Waals surface area contributed by atoms with Crippen LogP contribution in [0.25, 0.3) is 5.69 Å². The summed E-state index contributed by atoms with van der Waals surface area (Å²) in [6.45, 7) is 0. The molecule has 0 saturated heterocycles. The minimum atomic E-state index is -3.36. The number of aromatic nitrogens is 1. The van der Waals surface area contributed by atoms with Gasteiger partial charge in [0.05, 0.1) is 29.6 Å². The molecule has 3 rings (SSSR count). The van der Waals surface area contributed by atoms with Crippen LogP contribution in [0.2, 0.25) is 5.02 Å². The molecule has 1 amide bonds. The maximum atomic E-state index is 12.7. The molecule has 2 N–H and O–H groups in total. The molecule has 0 fully saturated rings. The Morgan fingerprint density at radius 3 is 2.25 bits per heavy atom. The first-order valence-corrected chi connectivity index (χ1v) is 10.4. The van der Waals surface area contributed by atoms with Crippen LogP contribution in [0, 0.1) is 0 Å². The molecule has 0 bridgehead atoms. The van der Waals surface area contributed by atoms with Gasteiger partial charge in [0.25, 0.3) is 5.91 Å². The summed E-state index contributed by atoms with van der Waals surface area (Å²) in [5.41, 5.74) is 1.87. The van der Waals surface area contributed by atoms with E-state index in [0.717, 1.165) is 6.26 Å². The number of carbonyl (C=O) groups excluding carboxylic acids is 1. The molecule has 0 saturated carbocycles. The highest BCUT2D eigenvalue weighted by atomic mass is 35.5. The van der Waals surface area contributed by atoms with Gasteiger partial charge < -0.3 is 14.6 Å². The quantitative estimate of drug-likeness (QED) is 0.636. The number of halogens is 1. The Kier molecular flexibility index (Phi) is 5.62. The molecule has 1 heterocycles. The predicted molar refractivity (Wildman–Crippen MR) is 110 cm³/mol. The number of nitrogens with one attached hydrogen (secondary N) is 2. The zero-order valence-electron chi connectivity index (χ0n) is 15.1. The van der Waals surface area contributed by atoms with Crippen molar-refractivity contribution in [3.8, 4) is 11.4 Å². The normalized spacial score (nSPS) is 11.1. The molecule has 146 valence electrons. The average molecular weight is 420 g/mol. The number of amides is 1. The molecule has 0 unspecified atom stereocenters. The minimum Gasteiger partial charge on any atom is -0.496 e. The number of anilines is 2. The first kappa shape index (κ1) is 19.8. The van der Waals surface area contributed by atoms with Gasteiger partial charge in [-0.1, -0.05) is 11.6 Å². The van der Waals surface area contributed by atoms with Crippen molar-refractivity contribution in [3.63, 3.8) is 0 Å². The number of rotatable bonds is 6. The van der Waals surface area contributed by atoms with E-state index in [0.29, 0.717) is 27.8 Å². The van der Waals surface area contributed by atoms with E-state index in [4.69, 9.17) is 16.3 Å². The Hall–Kier alpha value is -2.97. The third-order valence-electron chi connectivity index (χ3n) is 3.84. The number of hydrogen-bond acceptors (Lipinski definition) is 4. The van der Waals surface area contributed by atoms with Crippen LogP contribution < -0.4 is 14.8 Å². The summed E-state index contributed by atoms with van der Waals surface area (Å²) in [4.78, 5) is 12.7. The summed E-state index contributed by atoms with van der Waals surface area (Å²) in [6.07, 6.45) is 4.75. The third kappa shape index (κ3) is 4.65. The lowest BCUT2D eigenvalue weighted by Crippen LogP contribution is -2.14. The summed E-state index contributed by atoms with van der Waals surface area (Å²) in [7, 11) is -1.89. The van der Waals surface area contributed by atoms with Crippen LogP contribution in [0.1, 0.15) is 10.4 Å². The molecule has 28 heavy (non-hydrogen) atoms. The monoisotopic (exact) mass is 419 g/mol. The van der Waals surface area contributed by atoms with E-state index in [1.54, 1.807) is 36.4 Å². The minimum absolute atomic E-state index is 0.279. The molecule has 1 aromatic heterocycles. The van der Waals surface area contributed by atoms with Gasteiger partial charge in [0.2, 0.25) is 10.0 Å². The molecule has 9 heteroatoms. The van der Waals surface area contributed by atoms with Crippen LogP contribution in [0.15, 0.2) is 60.9 Å². The van der Waals surface area contributed by atoms with Gasteiger partial charge >= 0.3 is 0 Å². The molecule has 3 aromatic rings. The van der Waals surface area contributed by atoms with Crippen molar-refractivity contribution in [1.82, 2.24) is 4.57 Å². The first-order valence-electron chi connectivity index (χ1n) is 8.17. The molecule has 0 radical (unpaired) electrons. The fourth-order valence-corrected chi connectivity index (χ4v) is 3.44. The zero-order chi connectivity index (χ0) is 20.3. The smallest absolute Gasteiger partial charge is 0.259 e. The molecule has 0 atom stereocenters. The Bertz CT molecular complexity index is 1090. The van der Waals surface area contributed by atoms with Gasteiger partial charge in [-0.05, 0) is 42.5 Å². The molecule has 0 aliphatic heterocycles. The number of nitrogens with zero attached hydrogens (tertiary/aromatic N) is 1. The first-order chi connectivity index (χ1) is 13.3. The maximum absolute atomic E-state index is 12.7. The number of methoxy groups -OCH3 is 1. The van der Waals surface area contributed by atoms with E-state index in [2.05, 4.69) is 10.0 Å². The number of sulfonamides is 1. The Morgan fingerprint density at radius 2 is 1.68 bits per heavy atom. The van der Waals surface area contributed by atoms with Crippen molar-refractivity contribution >= 4 is 38.9 Å². The fourth-order valence-electron chi connectivity index (χ4n) is 2.62. The highest BCUT2D eigenvalue weighted by molar-refractivity contribution is 7.92. The molecular weight excluding hydrogens is 402 g/mol. The zero-order valence-corrected chi connectivity index (χ0v) is 16.7. The number of benzene rings is 2. The third-order valence-corrected chi connectivity index (χ3v) is 4.75. The van der Waals surface area contributed by atoms with Crippen molar-refractivity contribution in [2.24, 2.45) is 0 Å². The van der Waals surface area contributed by atoms with Crippen molar-refractivity contribution in [2.75, 3.05) is 23.4 Å². The summed E-state index contributed by atoms with van der Waals surface area (Å²) in [5, 5.41) is 3.14. The topological polar surface area (TPSA) is 89.4 Å². The lowest BCUT2D eigenvalue weighted by Gasteiger charge is -2.14. The van der Waals surface area contributed by atoms with Crippen LogP contribution in [0.3, 0.4) is 0 Å².